The number of hydrogen-bond acceptors (Lipinski definition) is 13. The van der Waals surface area contributed by atoms with Crippen LogP contribution in [0.4, 0.5) is 0 Å². The molecule has 19 heteroatoms. The van der Waals surface area contributed by atoms with Gasteiger partial charge in [-0.25, -0.2) is 9.78 Å². The molecule has 1 aromatic heterocycles. The van der Waals surface area contributed by atoms with E-state index in [0.717, 1.165) is 5.39 Å². The van der Waals surface area contributed by atoms with Crippen LogP contribution in [0.1, 0.15) is 128 Å². The SMILES string of the molecule is COC(=O)[C@@H](NC(=O)[C@H](CC(C)C)NC(=O)[C@@H](NC(=O)CCCOc1ccc2ccc(OCCCC(=O)N[C@@H](CCC(=O)OC(C)(C)C)C(=O)N[C@@H](CC(C)C)C(N)=O)cc2n1)C(C)C)C(C)C. The smallest absolute Gasteiger partial charge is 0.328 e. The summed E-state index contributed by atoms with van der Waals surface area (Å²) in [6.45, 7) is 20.2. The molecule has 0 aliphatic heterocycles. The molecule has 0 spiro atoms. The molecule has 0 aliphatic carbocycles. The Labute approximate surface area is 401 Å². The minimum atomic E-state index is -1.11. The molecular formula is C49H77N7O12. The lowest BCUT2D eigenvalue weighted by atomic mass is 9.98. The van der Waals surface area contributed by atoms with Crippen LogP contribution in [0.25, 0.3) is 10.9 Å². The number of hydrogen-bond donors (Lipinski definition) is 6. The lowest BCUT2D eigenvalue weighted by molar-refractivity contribution is -0.155. The third kappa shape index (κ3) is 21.7. The van der Waals surface area contributed by atoms with Gasteiger partial charge in [-0.3, -0.25) is 33.6 Å². The molecule has 380 valence electrons. The van der Waals surface area contributed by atoms with Gasteiger partial charge in [0.2, 0.25) is 41.3 Å². The first-order valence-corrected chi connectivity index (χ1v) is 23.5. The zero-order valence-corrected chi connectivity index (χ0v) is 42.1. The molecule has 2 rings (SSSR count). The topological polar surface area (TPSA) is 273 Å². The van der Waals surface area contributed by atoms with Crippen molar-refractivity contribution in [1.82, 2.24) is 31.6 Å². The average Bonchev–Trinajstić information content (AvgIpc) is 3.24. The Morgan fingerprint density at radius 2 is 1.18 bits per heavy atom. The van der Waals surface area contributed by atoms with Crippen LogP contribution in [0.2, 0.25) is 0 Å². The van der Waals surface area contributed by atoms with E-state index in [1.165, 1.54) is 7.11 Å². The number of amides is 6. The van der Waals surface area contributed by atoms with E-state index < -0.39 is 77.3 Å². The number of nitrogens with two attached hydrogens (primary N) is 1. The molecule has 1 aromatic carbocycles. The fourth-order valence-corrected chi connectivity index (χ4v) is 6.88. The van der Waals surface area contributed by atoms with Crippen LogP contribution in [0.3, 0.4) is 0 Å². The Morgan fingerprint density at radius 1 is 0.632 bits per heavy atom. The van der Waals surface area contributed by atoms with Gasteiger partial charge in [-0.2, -0.15) is 0 Å². The number of nitrogens with zero attached hydrogens (tertiary/aromatic N) is 1. The molecule has 0 fully saturated rings. The predicted octanol–water partition coefficient (Wildman–Crippen LogP) is 4.16. The number of pyridine rings is 1. The maximum Gasteiger partial charge on any atom is 0.328 e. The summed E-state index contributed by atoms with van der Waals surface area (Å²) in [5.41, 5.74) is 5.37. The number of nitrogens with one attached hydrogen (secondary N) is 5. The largest absolute Gasteiger partial charge is 0.494 e. The highest BCUT2D eigenvalue weighted by Crippen LogP contribution is 2.23. The quantitative estimate of drug-likeness (QED) is 0.0495. The number of carbonyl (C=O) groups is 8. The monoisotopic (exact) mass is 956 g/mol. The standard InChI is InChI=1S/C49H77N7O12/c1-28(2)25-36(44(50)60)53-45(61)34(20-22-41(59)68-49(9,10)11)51-38(57)15-13-23-66-33-19-17-32-18-21-40(52-35(32)27-33)67-24-14-16-39(58)55-42(30(5)6)47(63)54-37(26-29(3)4)46(62)56-43(31(7)8)48(64)65-12/h17-19,21,27-31,34,36-37,42-43H,13-16,20,22-26H2,1-12H3,(H2,50,60)(H,51,57)(H,53,61)(H,54,63)(H,55,58)(H,56,62)/t34-,36-,37-,42-,43-/m0/s1. The molecule has 68 heavy (non-hydrogen) atoms. The molecule has 0 saturated heterocycles. The van der Waals surface area contributed by atoms with E-state index in [-0.39, 0.29) is 68.5 Å². The summed E-state index contributed by atoms with van der Waals surface area (Å²) in [5, 5.41) is 14.4. The van der Waals surface area contributed by atoms with Crippen molar-refractivity contribution in [3.63, 3.8) is 0 Å². The van der Waals surface area contributed by atoms with Gasteiger partial charge < -0.3 is 51.3 Å². The molecule has 0 saturated carbocycles. The van der Waals surface area contributed by atoms with Gasteiger partial charge in [0.1, 0.15) is 41.6 Å². The van der Waals surface area contributed by atoms with E-state index in [9.17, 15) is 38.4 Å². The number of benzene rings is 1. The maximum absolute atomic E-state index is 13.5. The highest BCUT2D eigenvalue weighted by Gasteiger charge is 2.33. The van der Waals surface area contributed by atoms with Crippen LogP contribution in [0.15, 0.2) is 30.3 Å². The minimum Gasteiger partial charge on any atom is -0.494 e. The van der Waals surface area contributed by atoms with Crippen LogP contribution in [0.5, 0.6) is 11.6 Å². The predicted molar refractivity (Wildman–Crippen MR) is 256 cm³/mol. The summed E-state index contributed by atoms with van der Waals surface area (Å²) < 4.78 is 22.0. The van der Waals surface area contributed by atoms with Crippen molar-refractivity contribution in [1.29, 1.82) is 0 Å². The second-order valence-electron chi connectivity index (χ2n) is 19.5. The van der Waals surface area contributed by atoms with Crippen LogP contribution in [0, 0.1) is 23.7 Å². The van der Waals surface area contributed by atoms with Gasteiger partial charge in [0.15, 0.2) is 0 Å². The second kappa shape index (κ2) is 28.3. The molecular weight excluding hydrogens is 879 g/mol. The molecule has 0 aliphatic rings. The average molecular weight is 956 g/mol. The highest BCUT2D eigenvalue weighted by molar-refractivity contribution is 5.94. The van der Waals surface area contributed by atoms with E-state index in [0.29, 0.717) is 42.8 Å². The summed E-state index contributed by atoms with van der Waals surface area (Å²) >= 11 is 0. The lowest BCUT2D eigenvalue weighted by Gasteiger charge is -2.28. The van der Waals surface area contributed by atoms with Crippen LogP contribution in [-0.2, 0) is 47.8 Å². The summed E-state index contributed by atoms with van der Waals surface area (Å²) in [6.07, 6.45) is 1.10. The number of fused-ring (bicyclic) bond motifs is 1. The van der Waals surface area contributed by atoms with E-state index >= 15 is 0 Å². The number of primary amides is 1. The van der Waals surface area contributed by atoms with Crippen LogP contribution < -0.4 is 41.8 Å². The number of methoxy groups -OCH3 is 1. The van der Waals surface area contributed by atoms with Crippen molar-refractivity contribution in [2.75, 3.05) is 20.3 Å². The molecule has 19 nitrogen and oxygen atoms in total. The molecule has 5 atom stereocenters. The second-order valence-corrected chi connectivity index (χ2v) is 19.5. The minimum absolute atomic E-state index is 0.00474. The normalized spacial score (nSPS) is 13.8. The molecule has 6 amide bonds. The first-order valence-electron chi connectivity index (χ1n) is 23.5. The molecule has 7 N–H and O–H groups in total. The van der Waals surface area contributed by atoms with Gasteiger partial charge >= 0.3 is 11.9 Å². The first kappa shape index (κ1) is 58.1. The summed E-state index contributed by atoms with van der Waals surface area (Å²) in [5.74, 6) is -3.94. The zero-order chi connectivity index (χ0) is 51.3. The van der Waals surface area contributed by atoms with Crippen molar-refractivity contribution in [3.8, 4) is 11.6 Å². The molecule has 0 radical (unpaired) electrons. The number of carbonyl (C=O) groups excluding carboxylic acids is 8. The van der Waals surface area contributed by atoms with Gasteiger partial charge in [0.25, 0.3) is 0 Å². The summed E-state index contributed by atoms with van der Waals surface area (Å²) in [6, 6.07) is 4.05. The molecule has 0 unspecified atom stereocenters. The van der Waals surface area contributed by atoms with E-state index in [2.05, 4.69) is 31.6 Å². The summed E-state index contributed by atoms with van der Waals surface area (Å²) in [4.78, 5) is 107. The zero-order valence-electron chi connectivity index (χ0n) is 42.1. The number of rotatable bonds is 29. The molecule has 1 heterocycles. The summed E-state index contributed by atoms with van der Waals surface area (Å²) in [7, 11) is 1.24. The van der Waals surface area contributed by atoms with Gasteiger partial charge in [-0.1, -0.05) is 55.4 Å². The Morgan fingerprint density at radius 3 is 1.74 bits per heavy atom. The van der Waals surface area contributed by atoms with E-state index in [4.69, 9.17) is 24.7 Å². The van der Waals surface area contributed by atoms with Gasteiger partial charge in [0.05, 0.1) is 25.8 Å². The third-order valence-corrected chi connectivity index (χ3v) is 10.4. The van der Waals surface area contributed by atoms with Crippen molar-refractivity contribution in [2.45, 2.75) is 163 Å². The fourth-order valence-electron chi connectivity index (χ4n) is 6.88. The Hall–Kier alpha value is -6.01. The van der Waals surface area contributed by atoms with Crippen LogP contribution >= 0.6 is 0 Å². The maximum atomic E-state index is 13.5. The Bertz CT molecular complexity index is 2020. The Balaban J connectivity index is 1.95. The van der Waals surface area contributed by atoms with Crippen molar-refractivity contribution in [3.05, 3.63) is 30.3 Å². The fraction of sp³-hybridized carbons (Fsp3) is 0.653. The van der Waals surface area contributed by atoms with Gasteiger partial charge in [-0.15, -0.1) is 0 Å². The third-order valence-electron chi connectivity index (χ3n) is 10.4. The van der Waals surface area contributed by atoms with Crippen LogP contribution in [-0.4, -0.2) is 108 Å². The van der Waals surface area contributed by atoms with Crippen molar-refractivity contribution in [2.24, 2.45) is 29.4 Å². The number of aromatic nitrogens is 1. The lowest BCUT2D eigenvalue weighted by Crippen LogP contribution is -2.57. The van der Waals surface area contributed by atoms with E-state index in [1.807, 2.05) is 39.8 Å². The van der Waals surface area contributed by atoms with E-state index in [1.54, 1.807) is 66.7 Å². The Kier molecular flexibility index (Phi) is 24.2. The van der Waals surface area contributed by atoms with Crippen molar-refractivity contribution >= 4 is 58.3 Å². The first-order chi connectivity index (χ1) is 31.8. The number of ether oxygens (including phenoxy) is 4. The van der Waals surface area contributed by atoms with Gasteiger partial charge in [-0.05, 0) is 94.7 Å². The van der Waals surface area contributed by atoms with Gasteiger partial charge in [0, 0.05) is 36.8 Å². The number of esters is 2. The van der Waals surface area contributed by atoms with Crippen molar-refractivity contribution < 1.29 is 57.3 Å². The highest BCUT2D eigenvalue weighted by atomic mass is 16.6. The molecule has 2 aromatic rings. The molecule has 0 bridgehead atoms.